The quantitative estimate of drug-likeness (QED) is 0.365. The fourth-order valence-corrected chi connectivity index (χ4v) is 3.34. The van der Waals surface area contributed by atoms with Crippen LogP contribution >= 0.6 is 0 Å². The number of halogens is 4. The molecule has 2 aromatic rings. The van der Waals surface area contributed by atoms with Crippen molar-refractivity contribution in [1.29, 1.82) is 0 Å². The lowest BCUT2D eigenvalue weighted by atomic mass is 10.1. The third-order valence-corrected chi connectivity index (χ3v) is 5.30. The van der Waals surface area contributed by atoms with Gasteiger partial charge < -0.3 is 9.68 Å². The number of hydrogen-bond acceptors (Lipinski definition) is 6. The summed E-state index contributed by atoms with van der Waals surface area (Å²) in [4.78, 5) is 33.0. The van der Waals surface area contributed by atoms with Crippen molar-refractivity contribution in [3.63, 3.8) is 0 Å². The number of hydroxylamine groups is 2. The topological polar surface area (TPSA) is 76.7 Å². The molecule has 4 atom stereocenters. The molecule has 2 aliphatic rings. The Morgan fingerprint density at radius 3 is 1.50 bits per heavy atom. The van der Waals surface area contributed by atoms with Gasteiger partial charge in [-0.25, -0.2) is 27.2 Å². The van der Waals surface area contributed by atoms with E-state index in [1.165, 1.54) is 12.1 Å². The summed E-state index contributed by atoms with van der Waals surface area (Å²) in [5.74, 6) is -5.66. The Balaban J connectivity index is 1.14. The van der Waals surface area contributed by atoms with Gasteiger partial charge in [0.2, 0.25) is 0 Å². The van der Waals surface area contributed by atoms with Gasteiger partial charge in [-0.1, -0.05) is 12.1 Å². The minimum atomic E-state index is -0.942. The van der Waals surface area contributed by atoms with Crippen molar-refractivity contribution in [1.82, 2.24) is 11.0 Å². The van der Waals surface area contributed by atoms with E-state index in [1.54, 1.807) is 0 Å². The lowest BCUT2D eigenvalue weighted by Gasteiger charge is -2.05. The maximum absolute atomic E-state index is 13.3. The fraction of sp³-hybridized carbons (Fsp3) is 0.273. The Hall–Kier alpha value is -3.24. The molecule has 2 N–H and O–H groups in total. The van der Waals surface area contributed by atoms with Crippen molar-refractivity contribution in [3.05, 3.63) is 82.9 Å². The third kappa shape index (κ3) is 5.32. The van der Waals surface area contributed by atoms with Crippen LogP contribution in [0.2, 0.25) is 0 Å². The first kappa shape index (κ1) is 22.0. The van der Waals surface area contributed by atoms with Crippen LogP contribution in [-0.4, -0.2) is 24.0 Å². The SMILES string of the molecule is O=C(/C=C/C(=O)ONC1CC1c1ccc(F)c(F)c1)ONC1CC1c1ccc(F)c(F)c1. The molecular weight excluding hydrogens is 432 g/mol. The summed E-state index contributed by atoms with van der Waals surface area (Å²) in [6.07, 6.45) is 2.89. The summed E-state index contributed by atoms with van der Waals surface area (Å²) < 4.78 is 52.5. The zero-order chi connectivity index (χ0) is 22.8. The zero-order valence-electron chi connectivity index (χ0n) is 16.5. The third-order valence-electron chi connectivity index (χ3n) is 5.30. The molecule has 2 aromatic carbocycles. The Labute approximate surface area is 180 Å². The van der Waals surface area contributed by atoms with Gasteiger partial charge in [-0.15, -0.1) is 11.0 Å². The van der Waals surface area contributed by atoms with Crippen molar-refractivity contribution in [2.45, 2.75) is 36.8 Å². The Morgan fingerprint density at radius 2 is 1.12 bits per heavy atom. The first-order valence-corrected chi connectivity index (χ1v) is 9.82. The number of benzene rings is 2. The van der Waals surface area contributed by atoms with Crippen molar-refractivity contribution < 1.29 is 36.8 Å². The van der Waals surface area contributed by atoms with E-state index in [2.05, 4.69) is 11.0 Å². The summed E-state index contributed by atoms with van der Waals surface area (Å²) in [6, 6.07) is 6.72. The lowest BCUT2D eigenvalue weighted by molar-refractivity contribution is -0.148. The molecule has 0 aromatic heterocycles. The van der Waals surface area contributed by atoms with E-state index in [0.717, 1.165) is 36.4 Å². The van der Waals surface area contributed by atoms with E-state index in [0.29, 0.717) is 24.0 Å². The van der Waals surface area contributed by atoms with Crippen molar-refractivity contribution >= 4 is 11.9 Å². The molecule has 0 saturated heterocycles. The van der Waals surface area contributed by atoms with Crippen molar-refractivity contribution in [2.75, 3.05) is 0 Å². The monoisotopic (exact) mass is 450 g/mol. The maximum atomic E-state index is 13.3. The highest BCUT2D eigenvalue weighted by Gasteiger charge is 2.40. The molecule has 4 unspecified atom stereocenters. The molecule has 0 radical (unpaired) electrons. The van der Waals surface area contributed by atoms with Crippen LogP contribution in [-0.2, 0) is 19.3 Å². The predicted molar refractivity (Wildman–Crippen MR) is 103 cm³/mol. The minimum Gasteiger partial charge on any atom is -0.367 e. The van der Waals surface area contributed by atoms with Crippen LogP contribution in [0, 0.1) is 23.3 Å². The van der Waals surface area contributed by atoms with Gasteiger partial charge in [0.05, 0.1) is 12.1 Å². The van der Waals surface area contributed by atoms with Gasteiger partial charge in [0.15, 0.2) is 23.3 Å². The van der Waals surface area contributed by atoms with Gasteiger partial charge in [-0.2, -0.15) is 0 Å². The molecule has 2 saturated carbocycles. The van der Waals surface area contributed by atoms with Crippen LogP contribution in [0.15, 0.2) is 48.6 Å². The molecule has 2 fully saturated rings. The highest BCUT2D eigenvalue weighted by molar-refractivity contribution is 5.91. The van der Waals surface area contributed by atoms with E-state index >= 15 is 0 Å². The number of hydrogen-bond donors (Lipinski definition) is 2. The smallest absolute Gasteiger partial charge is 0.349 e. The van der Waals surface area contributed by atoms with Gasteiger partial charge in [-0.3, -0.25) is 0 Å². The van der Waals surface area contributed by atoms with Crippen LogP contribution in [0.4, 0.5) is 17.6 Å². The number of carbonyl (C=O) groups is 2. The molecule has 0 spiro atoms. The molecule has 2 aliphatic carbocycles. The second kappa shape index (κ2) is 9.09. The Bertz CT molecular complexity index is 994. The predicted octanol–water partition coefficient (Wildman–Crippen LogP) is 3.31. The molecule has 0 heterocycles. The van der Waals surface area contributed by atoms with Gasteiger partial charge >= 0.3 is 11.9 Å². The van der Waals surface area contributed by atoms with Gasteiger partial charge in [0.1, 0.15) is 0 Å². The van der Waals surface area contributed by atoms with Crippen LogP contribution in [0.3, 0.4) is 0 Å². The zero-order valence-corrected chi connectivity index (χ0v) is 16.5. The summed E-state index contributed by atoms with van der Waals surface area (Å²) in [7, 11) is 0. The average Bonchev–Trinajstić information content (AvgIpc) is 3.68. The second-order valence-electron chi connectivity index (χ2n) is 7.66. The highest BCUT2D eigenvalue weighted by atomic mass is 19.2. The summed E-state index contributed by atoms with van der Waals surface area (Å²) in [5.41, 5.74) is 6.20. The fourth-order valence-electron chi connectivity index (χ4n) is 3.34. The number of rotatable bonds is 8. The van der Waals surface area contributed by atoms with Crippen LogP contribution < -0.4 is 11.0 Å². The van der Waals surface area contributed by atoms with Gasteiger partial charge in [0, 0.05) is 24.0 Å². The van der Waals surface area contributed by atoms with Crippen LogP contribution in [0.5, 0.6) is 0 Å². The molecule has 32 heavy (non-hydrogen) atoms. The minimum absolute atomic E-state index is 0.114. The second-order valence-corrected chi connectivity index (χ2v) is 7.66. The normalized spacial score (nSPS) is 23.8. The molecular formula is C22H18F4N2O4. The van der Waals surface area contributed by atoms with Gasteiger partial charge in [0.25, 0.3) is 0 Å². The largest absolute Gasteiger partial charge is 0.367 e. The highest BCUT2D eigenvalue weighted by Crippen LogP contribution is 2.42. The molecule has 10 heteroatoms. The van der Waals surface area contributed by atoms with Crippen molar-refractivity contribution in [3.8, 4) is 0 Å². The molecule has 168 valence electrons. The maximum Gasteiger partial charge on any atom is 0.349 e. The number of carbonyl (C=O) groups excluding carboxylic acids is 2. The van der Waals surface area contributed by atoms with Crippen molar-refractivity contribution in [2.24, 2.45) is 0 Å². The van der Waals surface area contributed by atoms with E-state index in [-0.39, 0.29) is 23.9 Å². The van der Waals surface area contributed by atoms with E-state index in [9.17, 15) is 27.2 Å². The van der Waals surface area contributed by atoms with E-state index in [1.807, 2.05) is 0 Å². The number of nitrogens with one attached hydrogen (secondary N) is 2. The molecule has 0 aliphatic heterocycles. The molecule has 6 nitrogen and oxygen atoms in total. The molecule has 4 rings (SSSR count). The Morgan fingerprint density at radius 1 is 0.719 bits per heavy atom. The molecule has 0 bridgehead atoms. The standard InChI is InChI=1S/C22H18F4N2O4/c23-15-3-1-11(7-17(15)25)13-9-19(13)27-31-21(29)5-6-22(30)32-28-20-10-14(20)12-2-4-16(24)18(26)8-12/h1-8,13-14,19-20,27-28H,9-10H2/b6-5+. The van der Waals surface area contributed by atoms with E-state index < -0.39 is 35.2 Å². The van der Waals surface area contributed by atoms with Crippen LogP contribution in [0.1, 0.15) is 35.8 Å². The van der Waals surface area contributed by atoms with Gasteiger partial charge in [-0.05, 0) is 48.2 Å². The lowest BCUT2D eigenvalue weighted by Crippen LogP contribution is -2.23. The Kier molecular flexibility index (Phi) is 6.24. The summed E-state index contributed by atoms with van der Waals surface area (Å²) in [6.45, 7) is 0. The molecule has 0 amide bonds. The first-order valence-electron chi connectivity index (χ1n) is 9.82. The van der Waals surface area contributed by atoms with E-state index in [4.69, 9.17) is 9.68 Å². The summed E-state index contributed by atoms with van der Waals surface area (Å²) in [5, 5.41) is 0. The first-order chi connectivity index (χ1) is 15.3. The van der Waals surface area contributed by atoms with Crippen LogP contribution in [0.25, 0.3) is 0 Å². The summed E-state index contributed by atoms with van der Waals surface area (Å²) >= 11 is 0. The average molecular weight is 450 g/mol.